The van der Waals surface area contributed by atoms with Crippen LogP contribution in [-0.2, 0) is 6.42 Å². The molecule has 0 aliphatic carbocycles. The Morgan fingerprint density at radius 2 is 2.05 bits per heavy atom. The van der Waals surface area contributed by atoms with Gasteiger partial charge in [0.15, 0.2) is 5.82 Å². The maximum absolute atomic E-state index is 6.18. The van der Waals surface area contributed by atoms with Crippen molar-refractivity contribution >= 4 is 0 Å². The van der Waals surface area contributed by atoms with E-state index in [1.165, 1.54) is 5.56 Å². The first-order valence-corrected chi connectivity index (χ1v) is 7.25. The Morgan fingerprint density at radius 3 is 2.81 bits per heavy atom. The first-order chi connectivity index (χ1) is 9.95. The molecule has 0 bridgehead atoms. The molecule has 2 N–H and O–H groups in total. The van der Waals surface area contributed by atoms with E-state index in [0.717, 1.165) is 12.2 Å². The van der Waals surface area contributed by atoms with E-state index in [1.54, 1.807) is 0 Å². The van der Waals surface area contributed by atoms with Gasteiger partial charge in [0.05, 0.1) is 12.0 Å². The number of aromatic nitrogens is 2. The number of benzene rings is 1. The fraction of sp³-hybridized carbons (Fsp3) is 0.500. The molecule has 3 rings (SSSR count). The number of hydrogen-bond acceptors (Lipinski definition) is 5. The molecule has 2 heterocycles. The highest BCUT2D eigenvalue weighted by molar-refractivity contribution is 5.36. The van der Waals surface area contributed by atoms with Crippen LogP contribution in [0.2, 0.25) is 0 Å². The van der Waals surface area contributed by atoms with Crippen molar-refractivity contribution in [2.24, 2.45) is 11.1 Å². The van der Waals surface area contributed by atoms with Crippen LogP contribution in [0.5, 0.6) is 5.75 Å². The standard InChI is InChI=1S/C16H21N3O2/c1-16(2,3)13(17)14-18-15(21-19-14)11-8-10-6-4-5-7-12(10)20-9-11/h4-7,11,13H,8-9,17H2,1-3H3. The fourth-order valence-electron chi connectivity index (χ4n) is 2.41. The van der Waals surface area contributed by atoms with Crippen molar-refractivity contribution in [1.29, 1.82) is 0 Å². The average Bonchev–Trinajstić information content (AvgIpc) is 2.94. The van der Waals surface area contributed by atoms with E-state index in [9.17, 15) is 0 Å². The Hall–Kier alpha value is -1.88. The second-order valence-corrected chi connectivity index (χ2v) is 6.65. The molecular weight excluding hydrogens is 266 g/mol. The van der Waals surface area contributed by atoms with Crippen LogP contribution >= 0.6 is 0 Å². The lowest BCUT2D eigenvalue weighted by molar-refractivity contribution is 0.229. The molecule has 112 valence electrons. The Bertz CT molecular complexity index is 630. The highest BCUT2D eigenvalue weighted by Gasteiger charge is 2.30. The zero-order valence-corrected chi connectivity index (χ0v) is 12.7. The number of ether oxygens (including phenoxy) is 1. The topological polar surface area (TPSA) is 74.2 Å². The van der Waals surface area contributed by atoms with Crippen LogP contribution in [-0.4, -0.2) is 16.7 Å². The normalized spacial score (nSPS) is 19.7. The molecule has 0 fully saturated rings. The van der Waals surface area contributed by atoms with Gasteiger partial charge in [-0.3, -0.25) is 0 Å². The van der Waals surface area contributed by atoms with Gasteiger partial charge < -0.3 is 15.0 Å². The summed E-state index contributed by atoms with van der Waals surface area (Å²) in [6.07, 6.45) is 0.850. The van der Waals surface area contributed by atoms with Crippen LogP contribution in [0.25, 0.3) is 0 Å². The van der Waals surface area contributed by atoms with Gasteiger partial charge in [-0.2, -0.15) is 4.98 Å². The van der Waals surface area contributed by atoms with Gasteiger partial charge in [-0.05, 0) is 23.5 Å². The van der Waals surface area contributed by atoms with E-state index in [-0.39, 0.29) is 17.4 Å². The highest BCUT2D eigenvalue weighted by atomic mass is 16.5. The molecule has 0 saturated carbocycles. The summed E-state index contributed by atoms with van der Waals surface area (Å²) in [7, 11) is 0. The van der Waals surface area contributed by atoms with E-state index in [1.807, 2.05) is 18.2 Å². The Kier molecular flexibility index (Phi) is 3.45. The third kappa shape index (κ3) is 2.78. The first kappa shape index (κ1) is 14.1. The summed E-state index contributed by atoms with van der Waals surface area (Å²) in [5.74, 6) is 2.21. The predicted octanol–water partition coefficient (Wildman–Crippen LogP) is 2.83. The van der Waals surface area contributed by atoms with Crippen LogP contribution in [0.1, 0.15) is 50.0 Å². The maximum atomic E-state index is 6.18. The van der Waals surface area contributed by atoms with Gasteiger partial charge in [0.25, 0.3) is 0 Å². The van der Waals surface area contributed by atoms with Crippen molar-refractivity contribution < 1.29 is 9.26 Å². The molecule has 0 spiro atoms. The van der Waals surface area contributed by atoms with E-state index in [4.69, 9.17) is 15.0 Å². The Labute approximate surface area is 124 Å². The largest absolute Gasteiger partial charge is 0.492 e. The molecule has 5 nitrogen and oxygen atoms in total. The number of nitrogens with two attached hydrogens (primary N) is 1. The maximum Gasteiger partial charge on any atom is 0.233 e. The van der Waals surface area contributed by atoms with Crippen LogP contribution < -0.4 is 10.5 Å². The van der Waals surface area contributed by atoms with Gasteiger partial charge in [0.2, 0.25) is 5.89 Å². The third-order valence-corrected chi connectivity index (χ3v) is 3.90. The van der Waals surface area contributed by atoms with E-state index in [0.29, 0.717) is 18.3 Å². The SMILES string of the molecule is CC(C)(C)C(N)c1noc(C2COc3ccccc3C2)n1. The Morgan fingerprint density at radius 1 is 1.29 bits per heavy atom. The van der Waals surface area contributed by atoms with Gasteiger partial charge in [-0.15, -0.1) is 0 Å². The van der Waals surface area contributed by atoms with Crippen molar-refractivity contribution in [3.05, 3.63) is 41.5 Å². The first-order valence-electron chi connectivity index (χ1n) is 7.25. The van der Waals surface area contributed by atoms with Crippen molar-refractivity contribution in [2.45, 2.75) is 39.2 Å². The second kappa shape index (κ2) is 5.15. The second-order valence-electron chi connectivity index (χ2n) is 6.65. The van der Waals surface area contributed by atoms with E-state index in [2.05, 4.69) is 37.0 Å². The molecule has 1 aliphatic rings. The average molecular weight is 287 g/mol. The summed E-state index contributed by atoms with van der Waals surface area (Å²) in [5, 5.41) is 4.05. The summed E-state index contributed by atoms with van der Waals surface area (Å²) in [4.78, 5) is 4.49. The molecule has 2 unspecified atom stereocenters. The summed E-state index contributed by atoms with van der Waals surface area (Å²) >= 11 is 0. The molecular formula is C16H21N3O2. The van der Waals surface area contributed by atoms with Crippen molar-refractivity contribution in [1.82, 2.24) is 10.1 Å². The molecule has 0 radical (unpaired) electrons. The molecule has 1 aliphatic heterocycles. The van der Waals surface area contributed by atoms with Crippen LogP contribution in [0.3, 0.4) is 0 Å². The zero-order valence-electron chi connectivity index (χ0n) is 12.7. The minimum atomic E-state index is -0.244. The van der Waals surface area contributed by atoms with Gasteiger partial charge in [-0.1, -0.05) is 44.1 Å². The summed E-state index contributed by atoms with van der Waals surface area (Å²) in [6.45, 7) is 6.75. The lowest BCUT2D eigenvalue weighted by atomic mass is 9.87. The van der Waals surface area contributed by atoms with Crippen LogP contribution in [0, 0.1) is 5.41 Å². The molecule has 0 amide bonds. The van der Waals surface area contributed by atoms with Gasteiger partial charge in [-0.25, -0.2) is 0 Å². The van der Waals surface area contributed by atoms with Crippen LogP contribution in [0.15, 0.2) is 28.8 Å². The minimum absolute atomic E-state index is 0.0910. The molecule has 1 aromatic heterocycles. The van der Waals surface area contributed by atoms with Gasteiger partial charge >= 0.3 is 0 Å². The minimum Gasteiger partial charge on any atom is -0.492 e. The summed E-state index contributed by atoms with van der Waals surface area (Å²) in [5.41, 5.74) is 7.25. The number of rotatable bonds is 2. The Balaban J connectivity index is 1.79. The van der Waals surface area contributed by atoms with E-state index < -0.39 is 0 Å². The van der Waals surface area contributed by atoms with Crippen molar-refractivity contribution in [3.63, 3.8) is 0 Å². The lowest BCUT2D eigenvalue weighted by Gasteiger charge is -2.24. The fourth-order valence-corrected chi connectivity index (χ4v) is 2.41. The van der Waals surface area contributed by atoms with E-state index >= 15 is 0 Å². The summed E-state index contributed by atoms with van der Waals surface area (Å²) < 4.78 is 11.2. The molecule has 1 aromatic carbocycles. The van der Waals surface area contributed by atoms with Gasteiger partial charge in [0, 0.05) is 0 Å². The quantitative estimate of drug-likeness (QED) is 0.919. The van der Waals surface area contributed by atoms with Crippen molar-refractivity contribution in [2.75, 3.05) is 6.61 Å². The predicted molar refractivity (Wildman–Crippen MR) is 79.1 cm³/mol. The number of fused-ring (bicyclic) bond motifs is 1. The third-order valence-electron chi connectivity index (χ3n) is 3.90. The molecule has 5 heteroatoms. The zero-order chi connectivity index (χ0) is 15.0. The smallest absolute Gasteiger partial charge is 0.233 e. The van der Waals surface area contributed by atoms with Crippen molar-refractivity contribution in [3.8, 4) is 5.75 Å². The highest BCUT2D eigenvalue weighted by Crippen LogP contribution is 2.33. The molecule has 2 aromatic rings. The van der Waals surface area contributed by atoms with Crippen LogP contribution in [0.4, 0.5) is 0 Å². The number of para-hydroxylation sites is 1. The number of hydrogen-bond donors (Lipinski definition) is 1. The molecule has 2 atom stereocenters. The molecule has 21 heavy (non-hydrogen) atoms. The lowest BCUT2D eigenvalue weighted by Crippen LogP contribution is -2.27. The summed E-state index contributed by atoms with van der Waals surface area (Å²) in [6, 6.07) is 7.80. The molecule has 0 saturated heterocycles. The monoisotopic (exact) mass is 287 g/mol. The number of nitrogens with zero attached hydrogens (tertiary/aromatic N) is 2. The van der Waals surface area contributed by atoms with Gasteiger partial charge in [0.1, 0.15) is 12.4 Å².